The molecule has 0 atom stereocenters. The van der Waals surface area contributed by atoms with Crippen LogP contribution in [0.5, 0.6) is 17.2 Å². The van der Waals surface area contributed by atoms with E-state index in [2.05, 4.69) is 26.5 Å². The number of nitrogens with one attached hydrogen (secondary N) is 1. The second kappa shape index (κ2) is 7.98. The Hall–Kier alpha value is -2.06. The zero-order valence-electron chi connectivity index (χ0n) is 12.8. The number of thiophene rings is 1. The zero-order valence-corrected chi connectivity index (χ0v) is 15.2. The van der Waals surface area contributed by atoms with Crippen LogP contribution in [0.25, 0.3) is 0 Å². The first-order valence-electron chi connectivity index (χ1n) is 6.46. The van der Waals surface area contributed by atoms with E-state index in [-0.39, 0.29) is 5.91 Å². The van der Waals surface area contributed by atoms with Gasteiger partial charge in [-0.2, -0.15) is 5.10 Å². The number of hydrogen-bond donors (Lipinski definition) is 1. The van der Waals surface area contributed by atoms with Crippen molar-refractivity contribution in [2.24, 2.45) is 5.10 Å². The number of benzene rings is 1. The van der Waals surface area contributed by atoms with E-state index in [4.69, 9.17) is 14.2 Å². The van der Waals surface area contributed by atoms with Crippen LogP contribution in [0.3, 0.4) is 0 Å². The smallest absolute Gasteiger partial charge is 0.271 e. The van der Waals surface area contributed by atoms with E-state index in [0.29, 0.717) is 22.8 Å². The molecule has 0 saturated heterocycles. The lowest BCUT2D eigenvalue weighted by Crippen LogP contribution is -2.17. The molecule has 0 fully saturated rings. The molecule has 1 N–H and O–H groups in total. The maximum atomic E-state index is 12.2. The van der Waals surface area contributed by atoms with Crippen LogP contribution in [0.1, 0.15) is 15.2 Å². The van der Waals surface area contributed by atoms with Crippen LogP contribution in [0.15, 0.2) is 33.2 Å². The molecule has 6 nitrogen and oxygen atoms in total. The van der Waals surface area contributed by atoms with Gasteiger partial charge in [0.25, 0.3) is 5.91 Å². The first-order valence-corrected chi connectivity index (χ1v) is 8.13. The number of amides is 1. The average Bonchev–Trinajstić information content (AvgIpc) is 2.98. The highest BCUT2D eigenvalue weighted by atomic mass is 79.9. The summed E-state index contributed by atoms with van der Waals surface area (Å²) in [6.45, 7) is 0. The van der Waals surface area contributed by atoms with E-state index in [1.807, 2.05) is 11.4 Å². The molecule has 2 aromatic rings. The molecular weight excluding hydrogens is 384 g/mol. The van der Waals surface area contributed by atoms with E-state index in [9.17, 15) is 4.79 Å². The predicted octanol–water partition coefficient (Wildman–Crippen LogP) is 3.30. The fourth-order valence-electron chi connectivity index (χ4n) is 1.83. The number of hydrazone groups is 1. The van der Waals surface area contributed by atoms with Gasteiger partial charge in [0.2, 0.25) is 5.75 Å². The van der Waals surface area contributed by atoms with E-state index in [1.165, 1.54) is 32.7 Å². The zero-order chi connectivity index (χ0) is 16.8. The van der Waals surface area contributed by atoms with Crippen molar-refractivity contribution in [2.45, 2.75) is 0 Å². The molecule has 0 saturated carbocycles. The van der Waals surface area contributed by atoms with Gasteiger partial charge < -0.3 is 14.2 Å². The molecule has 23 heavy (non-hydrogen) atoms. The van der Waals surface area contributed by atoms with Crippen LogP contribution >= 0.6 is 27.3 Å². The van der Waals surface area contributed by atoms with Crippen LogP contribution in [0, 0.1) is 0 Å². The van der Waals surface area contributed by atoms with Gasteiger partial charge in [-0.15, -0.1) is 11.3 Å². The molecule has 122 valence electrons. The van der Waals surface area contributed by atoms with Crippen molar-refractivity contribution in [3.8, 4) is 17.2 Å². The Morgan fingerprint density at radius 2 is 1.83 bits per heavy atom. The highest BCUT2D eigenvalue weighted by Gasteiger charge is 2.16. The van der Waals surface area contributed by atoms with Crippen LogP contribution in [0.2, 0.25) is 0 Å². The average molecular weight is 399 g/mol. The van der Waals surface area contributed by atoms with Crippen LogP contribution < -0.4 is 19.6 Å². The van der Waals surface area contributed by atoms with E-state index in [1.54, 1.807) is 18.3 Å². The molecule has 1 amide bonds. The van der Waals surface area contributed by atoms with Crippen molar-refractivity contribution in [3.63, 3.8) is 0 Å². The summed E-state index contributed by atoms with van der Waals surface area (Å²) in [5.74, 6) is 0.862. The minimum Gasteiger partial charge on any atom is -0.493 e. The molecular formula is C15H15BrN2O4S. The maximum Gasteiger partial charge on any atom is 0.271 e. The van der Waals surface area contributed by atoms with Crippen molar-refractivity contribution in [1.82, 2.24) is 5.43 Å². The lowest BCUT2D eigenvalue weighted by Gasteiger charge is -2.13. The molecule has 0 aliphatic heterocycles. The van der Waals surface area contributed by atoms with Crippen molar-refractivity contribution in [1.29, 1.82) is 0 Å². The highest BCUT2D eigenvalue weighted by Crippen LogP contribution is 2.38. The molecule has 0 unspecified atom stereocenters. The monoisotopic (exact) mass is 398 g/mol. The number of ether oxygens (including phenoxy) is 3. The number of rotatable bonds is 6. The fraction of sp³-hybridized carbons (Fsp3) is 0.200. The van der Waals surface area contributed by atoms with Crippen LogP contribution in [-0.2, 0) is 0 Å². The van der Waals surface area contributed by atoms with Gasteiger partial charge in [-0.25, -0.2) is 5.43 Å². The third-order valence-electron chi connectivity index (χ3n) is 2.87. The first-order chi connectivity index (χ1) is 11.1. The summed E-state index contributed by atoms with van der Waals surface area (Å²) in [6.07, 6.45) is 1.57. The van der Waals surface area contributed by atoms with Gasteiger partial charge in [0.15, 0.2) is 11.5 Å². The van der Waals surface area contributed by atoms with Crippen molar-refractivity contribution < 1.29 is 19.0 Å². The first kappa shape index (κ1) is 17.3. The minimum atomic E-state index is -0.379. The van der Waals surface area contributed by atoms with E-state index < -0.39 is 0 Å². The van der Waals surface area contributed by atoms with Crippen LogP contribution in [0.4, 0.5) is 0 Å². The molecule has 1 aromatic heterocycles. The topological polar surface area (TPSA) is 69.2 Å². The molecule has 0 aliphatic rings. The van der Waals surface area contributed by atoms with Gasteiger partial charge in [-0.1, -0.05) is 0 Å². The lowest BCUT2D eigenvalue weighted by atomic mass is 10.1. The third-order valence-corrected chi connectivity index (χ3v) is 4.50. The summed E-state index contributed by atoms with van der Waals surface area (Å²) < 4.78 is 16.6. The minimum absolute atomic E-state index is 0.351. The Labute approximate surface area is 146 Å². The van der Waals surface area contributed by atoms with Gasteiger partial charge in [-0.3, -0.25) is 4.79 Å². The van der Waals surface area contributed by atoms with E-state index in [0.717, 1.165) is 9.35 Å². The number of nitrogens with zero attached hydrogens (tertiary/aromatic N) is 1. The Morgan fingerprint density at radius 3 is 2.30 bits per heavy atom. The molecule has 0 aliphatic carbocycles. The largest absolute Gasteiger partial charge is 0.493 e. The number of carbonyl (C=O) groups is 1. The van der Waals surface area contributed by atoms with Gasteiger partial charge in [0.1, 0.15) is 0 Å². The number of methoxy groups -OCH3 is 3. The summed E-state index contributed by atoms with van der Waals surface area (Å²) in [5, 5.41) is 5.87. The molecule has 8 heteroatoms. The summed E-state index contributed by atoms with van der Waals surface area (Å²) in [6, 6.07) is 5.03. The van der Waals surface area contributed by atoms with Gasteiger partial charge in [0.05, 0.1) is 27.5 Å². The fourth-order valence-corrected chi connectivity index (χ4v) is 3.13. The third kappa shape index (κ3) is 4.23. The molecule has 0 radical (unpaired) electrons. The van der Waals surface area contributed by atoms with Crippen molar-refractivity contribution >= 4 is 39.4 Å². The molecule has 0 spiro atoms. The Balaban J connectivity index is 2.17. The normalized spacial score (nSPS) is 10.6. The molecule has 1 aromatic carbocycles. The van der Waals surface area contributed by atoms with Crippen molar-refractivity contribution in [2.75, 3.05) is 21.3 Å². The standard InChI is InChI=1S/C15H15BrN2O4S/c1-20-12-4-9(5-13(21-2)14(12)22-3)15(19)18-17-7-11-6-10(16)8-23-11/h4-8H,1-3H3,(H,18,19)/b17-7+. The summed E-state index contributed by atoms with van der Waals surface area (Å²) in [4.78, 5) is 13.1. The van der Waals surface area contributed by atoms with Gasteiger partial charge in [0, 0.05) is 20.3 Å². The Bertz CT molecular complexity index is 705. The maximum absolute atomic E-state index is 12.2. The Morgan fingerprint density at radius 1 is 1.17 bits per heavy atom. The van der Waals surface area contributed by atoms with Crippen LogP contribution in [-0.4, -0.2) is 33.5 Å². The lowest BCUT2D eigenvalue weighted by molar-refractivity contribution is 0.0954. The number of hydrogen-bond acceptors (Lipinski definition) is 6. The second-order valence-corrected chi connectivity index (χ2v) is 6.14. The molecule has 2 rings (SSSR count). The van der Waals surface area contributed by atoms with Crippen molar-refractivity contribution in [3.05, 3.63) is 38.5 Å². The quantitative estimate of drug-likeness (QED) is 0.598. The molecule has 1 heterocycles. The number of carbonyl (C=O) groups excluding carboxylic acids is 1. The van der Waals surface area contributed by atoms with E-state index >= 15 is 0 Å². The van der Waals surface area contributed by atoms with Gasteiger partial charge >= 0.3 is 0 Å². The predicted molar refractivity (Wildman–Crippen MR) is 93.2 cm³/mol. The van der Waals surface area contributed by atoms with Gasteiger partial charge in [-0.05, 0) is 34.1 Å². The SMILES string of the molecule is COc1cc(C(=O)N/N=C/c2cc(Br)cs2)cc(OC)c1OC. The highest BCUT2D eigenvalue weighted by molar-refractivity contribution is 9.10. The summed E-state index contributed by atoms with van der Waals surface area (Å²) >= 11 is 4.87. The summed E-state index contributed by atoms with van der Waals surface area (Å²) in [5.41, 5.74) is 2.82. The second-order valence-electron chi connectivity index (χ2n) is 4.28. The molecule has 0 bridgehead atoms. The Kier molecular flexibility index (Phi) is 6.00. The number of halogens is 1. The summed E-state index contributed by atoms with van der Waals surface area (Å²) in [7, 11) is 4.49.